The van der Waals surface area contributed by atoms with Crippen molar-refractivity contribution in [3.05, 3.63) is 12.7 Å². The Balaban J connectivity index is 2.16. The second-order valence-electron chi connectivity index (χ2n) is 5.09. The minimum absolute atomic E-state index is 0.186. The van der Waals surface area contributed by atoms with Crippen LogP contribution in [-0.2, 0) is 9.53 Å². The highest BCUT2D eigenvalue weighted by Crippen LogP contribution is 2.37. The predicted molar refractivity (Wildman–Crippen MR) is 75.6 cm³/mol. The smallest absolute Gasteiger partial charge is 0.314 e. The number of amides is 2. The zero-order chi connectivity index (χ0) is 14.8. The second kappa shape index (κ2) is 8.58. The van der Waals surface area contributed by atoms with Gasteiger partial charge in [0.05, 0.1) is 18.6 Å². The van der Waals surface area contributed by atoms with Crippen molar-refractivity contribution in [1.82, 2.24) is 10.6 Å². The summed E-state index contributed by atoms with van der Waals surface area (Å²) in [5, 5.41) is 14.6. The molecule has 6 nitrogen and oxygen atoms in total. The summed E-state index contributed by atoms with van der Waals surface area (Å²) in [5.41, 5.74) is -0.780. The van der Waals surface area contributed by atoms with E-state index in [1.807, 2.05) is 0 Å². The summed E-state index contributed by atoms with van der Waals surface area (Å²) in [7, 11) is 0. The monoisotopic (exact) mass is 284 g/mol. The third-order valence-electron chi connectivity index (χ3n) is 3.60. The van der Waals surface area contributed by atoms with Crippen LogP contribution in [0.3, 0.4) is 0 Å². The molecular formula is C14H24N2O4. The second-order valence-corrected chi connectivity index (χ2v) is 5.09. The number of carbonyl (C=O) groups is 2. The summed E-state index contributed by atoms with van der Waals surface area (Å²) < 4.78 is 5.25. The van der Waals surface area contributed by atoms with Crippen LogP contribution in [0.15, 0.2) is 12.7 Å². The third kappa shape index (κ3) is 5.21. The molecule has 0 radical (unpaired) electrons. The van der Waals surface area contributed by atoms with Crippen molar-refractivity contribution in [3.63, 3.8) is 0 Å². The summed E-state index contributed by atoms with van der Waals surface area (Å²) in [6.07, 6.45) is 5.64. The van der Waals surface area contributed by atoms with Gasteiger partial charge in [-0.05, 0) is 19.3 Å². The van der Waals surface area contributed by atoms with E-state index < -0.39 is 11.4 Å². The van der Waals surface area contributed by atoms with E-state index >= 15 is 0 Å². The number of carboxylic acids is 1. The molecule has 2 amide bonds. The molecule has 0 aliphatic heterocycles. The van der Waals surface area contributed by atoms with E-state index in [2.05, 4.69) is 17.2 Å². The summed E-state index contributed by atoms with van der Waals surface area (Å²) in [4.78, 5) is 22.9. The van der Waals surface area contributed by atoms with E-state index in [-0.39, 0.29) is 12.6 Å². The fraction of sp³-hybridized carbons (Fsp3) is 0.714. The largest absolute Gasteiger partial charge is 0.481 e. The highest BCUT2D eigenvalue weighted by atomic mass is 16.5. The first kappa shape index (κ1) is 16.5. The standard InChI is InChI=1S/C14H24N2O4/c1-2-3-9-20-10-8-15-13(19)16-11-14(12(17)18)6-4-5-7-14/h2H,1,3-11H2,(H,17,18)(H2,15,16,19). The Kier molecular flexibility index (Phi) is 7.08. The molecule has 1 rings (SSSR count). The van der Waals surface area contributed by atoms with Crippen LogP contribution in [0.5, 0.6) is 0 Å². The quantitative estimate of drug-likeness (QED) is 0.442. The van der Waals surface area contributed by atoms with Gasteiger partial charge in [0.15, 0.2) is 0 Å². The van der Waals surface area contributed by atoms with Gasteiger partial charge in [-0.15, -0.1) is 6.58 Å². The number of aliphatic carboxylic acids is 1. The molecule has 0 saturated heterocycles. The molecule has 1 saturated carbocycles. The van der Waals surface area contributed by atoms with Gasteiger partial charge >= 0.3 is 12.0 Å². The van der Waals surface area contributed by atoms with Crippen LogP contribution in [0, 0.1) is 5.41 Å². The van der Waals surface area contributed by atoms with E-state index in [1.54, 1.807) is 6.08 Å². The molecule has 0 atom stereocenters. The third-order valence-corrected chi connectivity index (χ3v) is 3.60. The van der Waals surface area contributed by atoms with Gasteiger partial charge in [-0.3, -0.25) is 4.79 Å². The van der Waals surface area contributed by atoms with Crippen molar-refractivity contribution >= 4 is 12.0 Å². The fourth-order valence-electron chi connectivity index (χ4n) is 2.34. The van der Waals surface area contributed by atoms with E-state index in [4.69, 9.17) is 4.74 Å². The van der Waals surface area contributed by atoms with Gasteiger partial charge in [0, 0.05) is 13.1 Å². The number of hydrogen-bond acceptors (Lipinski definition) is 3. The van der Waals surface area contributed by atoms with Crippen LogP contribution < -0.4 is 10.6 Å². The van der Waals surface area contributed by atoms with Crippen molar-refractivity contribution in [2.45, 2.75) is 32.1 Å². The number of carbonyl (C=O) groups excluding carboxylic acids is 1. The van der Waals surface area contributed by atoms with Crippen LogP contribution in [0.25, 0.3) is 0 Å². The molecule has 0 spiro atoms. The normalized spacial score (nSPS) is 16.6. The van der Waals surface area contributed by atoms with E-state index in [0.717, 1.165) is 19.3 Å². The van der Waals surface area contributed by atoms with Crippen LogP contribution in [-0.4, -0.2) is 43.4 Å². The minimum atomic E-state index is -0.817. The van der Waals surface area contributed by atoms with Gasteiger partial charge < -0.3 is 20.5 Å². The molecule has 20 heavy (non-hydrogen) atoms. The molecule has 0 aromatic rings. The lowest BCUT2D eigenvalue weighted by atomic mass is 9.86. The topological polar surface area (TPSA) is 87.7 Å². The van der Waals surface area contributed by atoms with Crippen molar-refractivity contribution < 1.29 is 19.4 Å². The molecule has 0 aromatic carbocycles. The molecule has 3 N–H and O–H groups in total. The SMILES string of the molecule is C=CCCOCCNC(=O)NCC1(C(=O)O)CCCC1. The summed E-state index contributed by atoms with van der Waals surface area (Å²) >= 11 is 0. The average Bonchev–Trinajstić information content (AvgIpc) is 2.90. The molecule has 1 aliphatic carbocycles. The molecule has 114 valence electrons. The number of urea groups is 1. The molecular weight excluding hydrogens is 260 g/mol. The van der Waals surface area contributed by atoms with Crippen LogP contribution in [0.1, 0.15) is 32.1 Å². The Morgan fingerprint density at radius 2 is 1.95 bits per heavy atom. The zero-order valence-electron chi connectivity index (χ0n) is 11.8. The Bertz CT molecular complexity index is 338. The minimum Gasteiger partial charge on any atom is -0.481 e. The maximum atomic E-state index is 11.6. The first-order valence-electron chi connectivity index (χ1n) is 7.04. The fourth-order valence-corrected chi connectivity index (χ4v) is 2.34. The first-order chi connectivity index (χ1) is 9.60. The van der Waals surface area contributed by atoms with Gasteiger partial charge in [-0.25, -0.2) is 4.79 Å². The molecule has 0 bridgehead atoms. The summed E-state index contributed by atoms with van der Waals surface area (Å²) in [6, 6.07) is -0.343. The molecule has 1 aliphatic rings. The maximum absolute atomic E-state index is 11.6. The average molecular weight is 284 g/mol. The zero-order valence-corrected chi connectivity index (χ0v) is 11.8. The molecule has 1 fully saturated rings. The van der Waals surface area contributed by atoms with Crippen LogP contribution in [0.2, 0.25) is 0 Å². The first-order valence-corrected chi connectivity index (χ1v) is 7.04. The lowest BCUT2D eigenvalue weighted by Crippen LogP contribution is -2.45. The Hall–Kier alpha value is -1.56. The van der Waals surface area contributed by atoms with Crippen molar-refractivity contribution in [3.8, 4) is 0 Å². The maximum Gasteiger partial charge on any atom is 0.314 e. The van der Waals surface area contributed by atoms with Gasteiger partial charge in [0.25, 0.3) is 0 Å². The number of rotatable bonds is 9. The summed E-state index contributed by atoms with van der Waals surface area (Å²) in [6.45, 7) is 5.20. The van der Waals surface area contributed by atoms with Crippen LogP contribution >= 0.6 is 0 Å². The van der Waals surface area contributed by atoms with Crippen molar-refractivity contribution in [2.24, 2.45) is 5.41 Å². The predicted octanol–water partition coefficient (Wildman–Crippen LogP) is 1.52. The molecule has 6 heteroatoms. The number of ether oxygens (including phenoxy) is 1. The lowest BCUT2D eigenvalue weighted by Gasteiger charge is -2.24. The molecule has 0 unspecified atom stereocenters. The Labute approximate surface area is 119 Å². The highest BCUT2D eigenvalue weighted by molar-refractivity contribution is 5.78. The van der Waals surface area contributed by atoms with Crippen molar-refractivity contribution in [1.29, 1.82) is 0 Å². The number of nitrogens with one attached hydrogen (secondary N) is 2. The summed E-state index contributed by atoms with van der Waals surface area (Å²) in [5.74, 6) is -0.817. The van der Waals surface area contributed by atoms with Crippen molar-refractivity contribution in [2.75, 3.05) is 26.3 Å². The van der Waals surface area contributed by atoms with Crippen LogP contribution in [0.4, 0.5) is 4.79 Å². The van der Waals surface area contributed by atoms with E-state index in [0.29, 0.717) is 32.6 Å². The molecule has 0 aromatic heterocycles. The van der Waals surface area contributed by atoms with Gasteiger partial charge in [0.2, 0.25) is 0 Å². The lowest BCUT2D eigenvalue weighted by molar-refractivity contribution is -0.148. The Morgan fingerprint density at radius 1 is 1.25 bits per heavy atom. The van der Waals surface area contributed by atoms with E-state index in [1.165, 1.54) is 0 Å². The van der Waals surface area contributed by atoms with Gasteiger partial charge in [-0.2, -0.15) is 0 Å². The number of carboxylic acid groups (broad SMARTS) is 1. The van der Waals surface area contributed by atoms with Gasteiger partial charge in [0.1, 0.15) is 0 Å². The Morgan fingerprint density at radius 3 is 2.55 bits per heavy atom. The molecule has 0 heterocycles. The highest BCUT2D eigenvalue weighted by Gasteiger charge is 2.41. The van der Waals surface area contributed by atoms with E-state index in [9.17, 15) is 14.7 Å². The van der Waals surface area contributed by atoms with Gasteiger partial charge in [-0.1, -0.05) is 18.9 Å². The number of hydrogen-bond donors (Lipinski definition) is 3.